The fraction of sp³-hybridized carbons (Fsp3) is 0.600. The molecule has 2 rings (SSSR count). The Bertz CT molecular complexity index is 593. The third kappa shape index (κ3) is 5.46. The number of amides is 2. The summed E-state index contributed by atoms with van der Waals surface area (Å²) in [5.74, 6) is -0.222. The van der Waals surface area contributed by atoms with Crippen molar-refractivity contribution in [1.29, 1.82) is 0 Å². The molecule has 0 bridgehead atoms. The number of urea groups is 1. The van der Waals surface area contributed by atoms with E-state index in [1.807, 2.05) is 21.0 Å². The molecule has 1 saturated heterocycles. The maximum Gasteiger partial charge on any atom is 0.317 e. The predicted octanol–water partition coefficient (Wildman–Crippen LogP) is 2.58. The average molecular weight is 361 g/mol. The first-order valence-corrected chi connectivity index (χ1v) is 9.34. The number of rotatable bonds is 6. The van der Waals surface area contributed by atoms with E-state index in [0.717, 1.165) is 0 Å². The predicted molar refractivity (Wildman–Crippen MR) is 102 cm³/mol. The van der Waals surface area contributed by atoms with Crippen molar-refractivity contribution in [2.75, 3.05) is 40.3 Å². The minimum Gasteiger partial charge on any atom is -0.466 e. The van der Waals surface area contributed by atoms with Crippen LogP contribution in [0.1, 0.15) is 36.9 Å². The van der Waals surface area contributed by atoms with Gasteiger partial charge in [-0.1, -0.05) is 29.8 Å². The van der Waals surface area contributed by atoms with Gasteiger partial charge in [0.05, 0.1) is 18.6 Å². The van der Waals surface area contributed by atoms with Crippen molar-refractivity contribution < 1.29 is 14.3 Å². The molecule has 1 aromatic carbocycles. The number of ether oxygens (including phenoxy) is 1. The van der Waals surface area contributed by atoms with Gasteiger partial charge in [-0.2, -0.15) is 0 Å². The van der Waals surface area contributed by atoms with Gasteiger partial charge in [-0.05, 0) is 46.3 Å². The summed E-state index contributed by atoms with van der Waals surface area (Å²) in [4.78, 5) is 28.2. The van der Waals surface area contributed by atoms with Crippen LogP contribution in [-0.4, -0.2) is 62.1 Å². The molecule has 1 aromatic rings. The van der Waals surface area contributed by atoms with E-state index in [0.29, 0.717) is 39.1 Å². The number of carbonyl (C=O) groups is 2. The number of nitrogens with zero attached hydrogens (tertiary/aromatic N) is 2. The highest BCUT2D eigenvalue weighted by atomic mass is 16.5. The molecule has 144 valence electrons. The number of carbonyl (C=O) groups excluding carboxylic acids is 2. The van der Waals surface area contributed by atoms with E-state index < -0.39 is 0 Å². The summed E-state index contributed by atoms with van der Waals surface area (Å²) in [6.45, 7) is 6.02. The quantitative estimate of drug-likeness (QED) is 0.791. The fourth-order valence-electron chi connectivity index (χ4n) is 3.26. The van der Waals surface area contributed by atoms with Crippen molar-refractivity contribution in [3.05, 3.63) is 35.4 Å². The van der Waals surface area contributed by atoms with E-state index in [-0.39, 0.29) is 24.0 Å². The molecular weight excluding hydrogens is 330 g/mol. The Morgan fingerprint density at radius 1 is 1.23 bits per heavy atom. The molecule has 1 aliphatic heterocycles. The number of likely N-dealkylation sites (N-methyl/N-ethyl adjacent to an activating group) is 1. The average Bonchev–Trinajstić information content (AvgIpc) is 2.63. The van der Waals surface area contributed by atoms with Gasteiger partial charge in [-0.3, -0.25) is 4.79 Å². The lowest BCUT2D eigenvalue weighted by Crippen LogP contribution is -2.47. The smallest absolute Gasteiger partial charge is 0.317 e. The highest BCUT2D eigenvalue weighted by Gasteiger charge is 2.28. The van der Waals surface area contributed by atoms with Gasteiger partial charge in [0, 0.05) is 19.6 Å². The number of likely N-dealkylation sites (tertiary alicyclic amines) is 1. The van der Waals surface area contributed by atoms with Gasteiger partial charge in [0.15, 0.2) is 0 Å². The molecule has 0 aliphatic carbocycles. The molecule has 1 atom stereocenters. The van der Waals surface area contributed by atoms with Crippen molar-refractivity contribution in [1.82, 2.24) is 15.1 Å². The second-order valence-electron chi connectivity index (χ2n) is 7.09. The highest BCUT2D eigenvalue weighted by Crippen LogP contribution is 2.20. The monoisotopic (exact) mass is 361 g/mol. The summed E-state index contributed by atoms with van der Waals surface area (Å²) in [6.07, 6.45) is 1.34. The number of benzene rings is 1. The van der Waals surface area contributed by atoms with E-state index >= 15 is 0 Å². The van der Waals surface area contributed by atoms with Crippen molar-refractivity contribution in [3.8, 4) is 0 Å². The summed E-state index contributed by atoms with van der Waals surface area (Å²) in [5, 5.41) is 3.05. The topological polar surface area (TPSA) is 61.9 Å². The van der Waals surface area contributed by atoms with Crippen LogP contribution >= 0.6 is 0 Å². The molecule has 6 heteroatoms. The number of esters is 1. The summed E-state index contributed by atoms with van der Waals surface area (Å²) in [5.41, 5.74) is 2.40. The van der Waals surface area contributed by atoms with Crippen molar-refractivity contribution in [3.63, 3.8) is 0 Å². The van der Waals surface area contributed by atoms with Crippen LogP contribution in [0.2, 0.25) is 0 Å². The van der Waals surface area contributed by atoms with Crippen molar-refractivity contribution in [2.24, 2.45) is 5.92 Å². The van der Waals surface area contributed by atoms with Gasteiger partial charge in [0.1, 0.15) is 0 Å². The molecule has 6 nitrogen and oxygen atoms in total. The summed E-state index contributed by atoms with van der Waals surface area (Å²) in [7, 11) is 4.03. The first-order valence-electron chi connectivity index (χ1n) is 9.34. The lowest BCUT2D eigenvalue weighted by Gasteiger charge is -2.32. The minimum absolute atomic E-state index is 0.0636. The van der Waals surface area contributed by atoms with Crippen LogP contribution in [0, 0.1) is 12.8 Å². The van der Waals surface area contributed by atoms with E-state index in [4.69, 9.17) is 4.74 Å². The van der Waals surface area contributed by atoms with Crippen LogP contribution in [0.25, 0.3) is 0 Å². The maximum atomic E-state index is 12.5. The van der Waals surface area contributed by atoms with E-state index in [9.17, 15) is 9.59 Å². The molecular formula is C20H31N3O3. The Hall–Kier alpha value is -2.08. The molecule has 1 unspecified atom stereocenters. The number of aryl methyl sites for hydroxylation is 1. The Kier molecular flexibility index (Phi) is 7.45. The van der Waals surface area contributed by atoms with Crippen molar-refractivity contribution >= 4 is 12.0 Å². The van der Waals surface area contributed by atoms with Crippen LogP contribution in [0.15, 0.2) is 24.3 Å². The summed E-state index contributed by atoms with van der Waals surface area (Å²) in [6, 6.07) is 8.46. The number of hydrogen-bond donors (Lipinski definition) is 1. The molecule has 1 heterocycles. The fourth-order valence-corrected chi connectivity index (χ4v) is 3.26. The lowest BCUT2D eigenvalue weighted by molar-refractivity contribution is -0.149. The SMILES string of the molecule is CCOC(=O)C1CCN(C(=O)NCC(c2ccc(C)cc2)N(C)C)CC1. The molecule has 26 heavy (non-hydrogen) atoms. The van der Waals surface area contributed by atoms with Crippen LogP contribution in [0.3, 0.4) is 0 Å². The van der Waals surface area contributed by atoms with Crippen LogP contribution < -0.4 is 5.32 Å². The largest absolute Gasteiger partial charge is 0.466 e. The number of nitrogens with one attached hydrogen (secondary N) is 1. The zero-order chi connectivity index (χ0) is 19.1. The molecule has 1 N–H and O–H groups in total. The van der Waals surface area contributed by atoms with Crippen LogP contribution in [-0.2, 0) is 9.53 Å². The van der Waals surface area contributed by atoms with Crippen LogP contribution in [0.4, 0.5) is 4.79 Å². The van der Waals surface area contributed by atoms with Gasteiger partial charge in [-0.15, -0.1) is 0 Å². The normalized spacial score (nSPS) is 16.4. The Morgan fingerprint density at radius 2 is 1.85 bits per heavy atom. The Labute approximate surface area is 156 Å². The minimum atomic E-state index is -0.139. The molecule has 0 radical (unpaired) electrons. The van der Waals surface area contributed by atoms with Gasteiger partial charge in [0.2, 0.25) is 0 Å². The summed E-state index contributed by atoms with van der Waals surface area (Å²) < 4.78 is 5.08. The molecule has 0 spiro atoms. The van der Waals surface area contributed by atoms with E-state index in [1.165, 1.54) is 11.1 Å². The lowest BCUT2D eigenvalue weighted by atomic mass is 9.97. The van der Waals surface area contributed by atoms with Gasteiger partial charge >= 0.3 is 12.0 Å². The third-order valence-corrected chi connectivity index (χ3v) is 4.93. The molecule has 1 fully saturated rings. The second kappa shape index (κ2) is 9.57. The van der Waals surface area contributed by atoms with E-state index in [2.05, 4.69) is 41.4 Å². The molecule has 1 aliphatic rings. The van der Waals surface area contributed by atoms with Crippen LogP contribution in [0.5, 0.6) is 0 Å². The second-order valence-corrected chi connectivity index (χ2v) is 7.09. The molecule has 0 saturated carbocycles. The highest BCUT2D eigenvalue weighted by molar-refractivity contribution is 5.76. The first-order chi connectivity index (χ1) is 12.4. The van der Waals surface area contributed by atoms with E-state index in [1.54, 1.807) is 4.90 Å². The standard InChI is InChI=1S/C20H31N3O3/c1-5-26-19(24)17-10-12-23(13-11-17)20(25)21-14-18(22(3)4)16-8-6-15(2)7-9-16/h6-9,17-18H,5,10-14H2,1-4H3,(H,21,25). The first kappa shape index (κ1) is 20.2. The Morgan fingerprint density at radius 3 is 2.38 bits per heavy atom. The molecule has 0 aromatic heterocycles. The molecule has 2 amide bonds. The number of hydrogen-bond acceptors (Lipinski definition) is 4. The summed E-state index contributed by atoms with van der Waals surface area (Å²) >= 11 is 0. The van der Waals surface area contributed by atoms with Gasteiger partial charge in [0.25, 0.3) is 0 Å². The third-order valence-electron chi connectivity index (χ3n) is 4.93. The van der Waals surface area contributed by atoms with Gasteiger partial charge in [-0.25, -0.2) is 4.79 Å². The maximum absolute atomic E-state index is 12.5. The Balaban J connectivity index is 1.85. The number of piperidine rings is 1. The van der Waals surface area contributed by atoms with Crippen molar-refractivity contribution in [2.45, 2.75) is 32.7 Å². The van der Waals surface area contributed by atoms with Gasteiger partial charge < -0.3 is 19.9 Å². The zero-order valence-corrected chi connectivity index (χ0v) is 16.3. The zero-order valence-electron chi connectivity index (χ0n) is 16.3.